The van der Waals surface area contributed by atoms with E-state index in [2.05, 4.69) is 15.3 Å². The van der Waals surface area contributed by atoms with Crippen LogP contribution in [0, 0.1) is 10.1 Å². The Hall–Kier alpha value is -2.90. The van der Waals surface area contributed by atoms with Gasteiger partial charge in [-0.3, -0.25) is 15.4 Å². The number of nitro groups is 1. The van der Waals surface area contributed by atoms with Gasteiger partial charge in [-0.2, -0.15) is 0 Å². The first-order chi connectivity index (χ1) is 10.3. The lowest BCUT2D eigenvalue weighted by Gasteiger charge is -2.18. The predicted octanol–water partition coefficient (Wildman–Crippen LogP) is 3.33. The van der Waals surface area contributed by atoms with Gasteiger partial charge in [-0.05, 0) is 26.8 Å². The van der Waals surface area contributed by atoms with Crippen LogP contribution in [0.2, 0.25) is 0 Å². The molecule has 0 atom stereocenters. The number of nitro benzene ring substituents is 1. The monoisotopic (exact) mass is 304 g/mol. The number of hydrogen-bond donors (Lipinski definition) is 2. The van der Waals surface area contributed by atoms with Crippen molar-refractivity contribution in [3.63, 3.8) is 0 Å². The van der Waals surface area contributed by atoms with Crippen molar-refractivity contribution in [2.24, 2.45) is 0 Å². The summed E-state index contributed by atoms with van der Waals surface area (Å²) in [6.45, 7) is 5.23. The molecule has 0 aliphatic rings. The molecule has 2 rings (SSSR count). The number of aromatic amines is 1. The van der Waals surface area contributed by atoms with Gasteiger partial charge in [0, 0.05) is 12.3 Å². The predicted molar refractivity (Wildman–Crippen MR) is 80.5 cm³/mol. The highest BCUT2D eigenvalue weighted by Crippen LogP contribution is 2.28. The van der Waals surface area contributed by atoms with Crippen LogP contribution >= 0.6 is 0 Å². The van der Waals surface area contributed by atoms with E-state index in [9.17, 15) is 14.9 Å². The number of nitrogens with one attached hydrogen (secondary N) is 2. The summed E-state index contributed by atoms with van der Waals surface area (Å²) in [7, 11) is 0. The van der Waals surface area contributed by atoms with Crippen molar-refractivity contribution >= 4 is 17.7 Å². The molecule has 1 heterocycles. The number of anilines is 1. The second-order valence-electron chi connectivity index (χ2n) is 5.54. The molecule has 0 radical (unpaired) electrons. The second-order valence-corrected chi connectivity index (χ2v) is 5.54. The summed E-state index contributed by atoms with van der Waals surface area (Å²) in [6, 6.07) is 6.24. The first-order valence-electron chi connectivity index (χ1n) is 6.55. The number of imidazole rings is 1. The standard InChI is InChI=1S/C14H16N4O4/c1-14(2,3)22-13(19)17-12-15-8-10(16-12)9-6-4-5-7-11(9)18(20)21/h4-8H,1-3H3,(H2,15,16,17,19). The molecule has 22 heavy (non-hydrogen) atoms. The van der Waals surface area contributed by atoms with Gasteiger partial charge in [-0.1, -0.05) is 12.1 Å². The number of para-hydroxylation sites is 1. The molecule has 2 aromatic rings. The van der Waals surface area contributed by atoms with Crippen molar-refractivity contribution in [2.75, 3.05) is 5.32 Å². The molecular formula is C14H16N4O4. The molecular weight excluding hydrogens is 288 g/mol. The molecule has 0 saturated heterocycles. The summed E-state index contributed by atoms with van der Waals surface area (Å²) in [5.74, 6) is 0.155. The van der Waals surface area contributed by atoms with Gasteiger partial charge in [0.15, 0.2) is 0 Å². The Morgan fingerprint density at radius 3 is 2.68 bits per heavy atom. The molecule has 1 aromatic heterocycles. The summed E-state index contributed by atoms with van der Waals surface area (Å²) in [5, 5.41) is 13.5. The number of carbonyl (C=O) groups excluding carboxylic acids is 1. The van der Waals surface area contributed by atoms with Gasteiger partial charge in [0.1, 0.15) is 5.60 Å². The lowest BCUT2D eigenvalue weighted by Crippen LogP contribution is -2.27. The fourth-order valence-electron chi connectivity index (χ4n) is 1.77. The van der Waals surface area contributed by atoms with Crippen molar-refractivity contribution in [2.45, 2.75) is 26.4 Å². The van der Waals surface area contributed by atoms with Crippen molar-refractivity contribution in [1.82, 2.24) is 9.97 Å². The van der Waals surface area contributed by atoms with E-state index in [1.54, 1.807) is 39.0 Å². The molecule has 2 N–H and O–H groups in total. The number of benzene rings is 1. The van der Waals surface area contributed by atoms with Crippen molar-refractivity contribution in [3.8, 4) is 11.3 Å². The number of H-pyrrole nitrogens is 1. The number of nitrogens with zero attached hydrogens (tertiary/aromatic N) is 2. The van der Waals surface area contributed by atoms with Crippen LogP contribution in [-0.2, 0) is 4.74 Å². The second kappa shape index (κ2) is 5.84. The minimum absolute atomic E-state index is 0.0576. The summed E-state index contributed by atoms with van der Waals surface area (Å²) in [4.78, 5) is 29.0. The van der Waals surface area contributed by atoms with E-state index < -0.39 is 16.6 Å². The van der Waals surface area contributed by atoms with E-state index in [1.807, 2.05) is 0 Å². The van der Waals surface area contributed by atoms with Gasteiger partial charge < -0.3 is 9.72 Å². The van der Waals surface area contributed by atoms with Gasteiger partial charge in [0.25, 0.3) is 5.69 Å². The SMILES string of the molecule is CC(C)(C)OC(=O)Nc1nc(-c2ccccc2[N+](=O)[O-])c[nH]1. The molecule has 0 unspecified atom stereocenters. The van der Waals surface area contributed by atoms with Crippen LogP contribution < -0.4 is 5.32 Å². The number of rotatable bonds is 3. The molecule has 0 aliphatic heterocycles. The summed E-state index contributed by atoms with van der Waals surface area (Å²) >= 11 is 0. The number of aromatic nitrogens is 2. The Bertz CT molecular complexity index is 703. The van der Waals surface area contributed by atoms with Gasteiger partial charge in [0.2, 0.25) is 5.95 Å². The Balaban J connectivity index is 2.19. The third-order valence-corrected chi connectivity index (χ3v) is 2.57. The van der Waals surface area contributed by atoms with E-state index >= 15 is 0 Å². The number of amides is 1. The third kappa shape index (κ3) is 3.81. The third-order valence-electron chi connectivity index (χ3n) is 2.57. The molecule has 0 bridgehead atoms. The minimum atomic E-state index is -0.657. The lowest BCUT2D eigenvalue weighted by molar-refractivity contribution is -0.384. The van der Waals surface area contributed by atoms with Crippen LogP contribution in [0.1, 0.15) is 20.8 Å². The Morgan fingerprint density at radius 1 is 1.36 bits per heavy atom. The summed E-state index contributed by atoms with van der Waals surface area (Å²) in [5.41, 5.74) is 0.0368. The van der Waals surface area contributed by atoms with Crippen LogP contribution in [0.25, 0.3) is 11.3 Å². The molecule has 8 nitrogen and oxygen atoms in total. The maximum Gasteiger partial charge on any atom is 0.414 e. The Labute approximate surface area is 126 Å². The number of carbonyl (C=O) groups is 1. The maximum atomic E-state index is 11.6. The quantitative estimate of drug-likeness (QED) is 0.667. The fraction of sp³-hybridized carbons (Fsp3) is 0.286. The largest absolute Gasteiger partial charge is 0.444 e. The van der Waals surface area contributed by atoms with Gasteiger partial charge in [0.05, 0.1) is 16.2 Å². The van der Waals surface area contributed by atoms with E-state index in [0.717, 1.165) is 0 Å². The molecule has 0 spiro atoms. The molecule has 8 heteroatoms. The Morgan fingerprint density at radius 2 is 2.05 bits per heavy atom. The highest BCUT2D eigenvalue weighted by atomic mass is 16.6. The molecule has 0 fully saturated rings. The van der Waals surface area contributed by atoms with Gasteiger partial charge in [-0.25, -0.2) is 9.78 Å². The van der Waals surface area contributed by atoms with Gasteiger partial charge in [-0.15, -0.1) is 0 Å². The zero-order valence-electron chi connectivity index (χ0n) is 12.4. The van der Waals surface area contributed by atoms with Crippen LogP contribution in [0.4, 0.5) is 16.4 Å². The first-order valence-corrected chi connectivity index (χ1v) is 6.55. The van der Waals surface area contributed by atoms with Crippen molar-refractivity contribution in [3.05, 3.63) is 40.6 Å². The Kier molecular flexibility index (Phi) is 4.11. The van der Waals surface area contributed by atoms with Crippen LogP contribution in [0.3, 0.4) is 0 Å². The molecule has 0 saturated carbocycles. The highest BCUT2D eigenvalue weighted by molar-refractivity contribution is 5.83. The summed E-state index contributed by atoms with van der Waals surface area (Å²) in [6.07, 6.45) is 0.825. The van der Waals surface area contributed by atoms with Crippen LogP contribution in [0.5, 0.6) is 0 Å². The average Bonchev–Trinajstić information content (AvgIpc) is 2.84. The van der Waals surface area contributed by atoms with Crippen molar-refractivity contribution < 1.29 is 14.5 Å². The molecule has 116 valence electrons. The van der Waals surface area contributed by atoms with Crippen LogP contribution in [0.15, 0.2) is 30.5 Å². The smallest absolute Gasteiger partial charge is 0.414 e. The molecule has 1 amide bonds. The molecule has 0 aliphatic carbocycles. The topological polar surface area (TPSA) is 110 Å². The minimum Gasteiger partial charge on any atom is -0.444 e. The summed E-state index contributed by atoms with van der Waals surface area (Å²) < 4.78 is 5.10. The first kappa shape index (κ1) is 15.5. The highest BCUT2D eigenvalue weighted by Gasteiger charge is 2.19. The fourth-order valence-corrected chi connectivity index (χ4v) is 1.77. The van der Waals surface area contributed by atoms with E-state index in [-0.39, 0.29) is 11.6 Å². The maximum absolute atomic E-state index is 11.6. The zero-order chi connectivity index (χ0) is 16.3. The molecule has 1 aromatic carbocycles. The number of hydrogen-bond acceptors (Lipinski definition) is 5. The van der Waals surface area contributed by atoms with E-state index in [0.29, 0.717) is 11.3 Å². The average molecular weight is 304 g/mol. The van der Waals surface area contributed by atoms with Gasteiger partial charge >= 0.3 is 6.09 Å². The van der Waals surface area contributed by atoms with Crippen molar-refractivity contribution in [1.29, 1.82) is 0 Å². The lowest BCUT2D eigenvalue weighted by atomic mass is 10.1. The number of ether oxygens (including phenoxy) is 1. The zero-order valence-corrected chi connectivity index (χ0v) is 12.4. The van der Waals surface area contributed by atoms with E-state index in [4.69, 9.17) is 4.74 Å². The van der Waals surface area contributed by atoms with E-state index in [1.165, 1.54) is 12.3 Å². The normalized spacial score (nSPS) is 11.0. The van der Waals surface area contributed by atoms with Crippen LogP contribution in [-0.4, -0.2) is 26.6 Å².